The van der Waals surface area contributed by atoms with E-state index >= 15 is 0 Å². The van der Waals surface area contributed by atoms with Gasteiger partial charge in [0, 0.05) is 31.5 Å². The summed E-state index contributed by atoms with van der Waals surface area (Å²) < 4.78 is 6.59. The van der Waals surface area contributed by atoms with Crippen LogP contribution in [-0.2, 0) is 0 Å². The Hall–Kier alpha value is -3.66. The fourth-order valence-corrected chi connectivity index (χ4v) is 4.82. The second kappa shape index (κ2) is 7.49. The Balaban J connectivity index is 1.22. The molecule has 0 unspecified atom stereocenters. The van der Waals surface area contributed by atoms with Gasteiger partial charge in [-0.05, 0) is 48.4 Å². The van der Waals surface area contributed by atoms with Gasteiger partial charge in [0.2, 0.25) is 0 Å². The SMILES string of the molecule is Cc1nc2ccccc2nc1N1CCC2(C=Cc3cc(-c4ccccc4)ccc3O2)CC1. The fraction of sp³-hybridized carbons (Fsp3) is 0.214. The van der Waals surface area contributed by atoms with E-state index in [0.29, 0.717) is 0 Å². The molecule has 2 aliphatic heterocycles. The molecule has 158 valence electrons. The van der Waals surface area contributed by atoms with E-state index in [1.807, 2.05) is 30.3 Å². The van der Waals surface area contributed by atoms with Crippen LogP contribution in [0.3, 0.4) is 0 Å². The van der Waals surface area contributed by atoms with Crippen molar-refractivity contribution in [3.05, 3.63) is 90.1 Å². The van der Waals surface area contributed by atoms with Crippen LogP contribution in [0.25, 0.3) is 28.2 Å². The van der Waals surface area contributed by atoms with E-state index in [4.69, 9.17) is 14.7 Å². The standard InChI is InChI=1S/C28H25N3O/c1-20-27(30-25-10-6-5-9-24(25)29-20)31-17-15-28(16-18-31)14-13-23-19-22(11-12-26(23)32-28)21-7-3-2-4-8-21/h2-14,19H,15-18H2,1H3. The molecule has 0 saturated carbocycles. The number of aryl methyl sites for hydroxylation is 1. The lowest BCUT2D eigenvalue weighted by Gasteiger charge is -2.42. The van der Waals surface area contributed by atoms with Gasteiger partial charge in [-0.15, -0.1) is 0 Å². The van der Waals surface area contributed by atoms with Crippen molar-refractivity contribution in [2.45, 2.75) is 25.4 Å². The summed E-state index contributed by atoms with van der Waals surface area (Å²) >= 11 is 0. The highest BCUT2D eigenvalue weighted by Crippen LogP contribution is 2.39. The maximum Gasteiger partial charge on any atom is 0.150 e. The monoisotopic (exact) mass is 419 g/mol. The van der Waals surface area contributed by atoms with Crippen molar-refractivity contribution in [2.75, 3.05) is 18.0 Å². The molecule has 4 nitrogen and oxygen atoms in total. The van der Waals surface area contributed by atoms with Gasteiger partial charge in [0.25, 0.3) is 0 Å². The fourth-order valence-electron chi connectivity index (χ4n) is 4.82. The van der Waals surface area contributed by atoms with Crippen molar-refractivity contribution in [3.63, 3.8) is 0 Å². The summed E-state index contributed by atoms with van der Waals surface area (Å²) in [5.41, 5.74) is 6.24. The van der Waals surface area contributed by atoms with E-state index in [2.05, 4.69) is 66.4 Å². The molecule has 1 saturated heterocycles. The topological polar surface area (TPSA) is 38.2 Å². The van der Waals surface area contributed by atoms with Crippen molar-refractivity contribution < 1.29 is 4.74 Å². The minimum Gasteiger partial charge on any atom is -0.482 e. The van der Waals surface area contributed by atoms with Crippen LogP contribution < -0.4 is 9.64 Å². The summed E-state index contributed by atoms with van der Waals surface area (Å²) in [6.45, 7) is 3.85. The van der Waals surface area contributed by atoms with E-state index in [1.54, 1.807) is 0 Å². The molecule has 6 rings (SSSR count). The molecule has 0 bridgehead atoms. The van der Waals surface area contributed by atoms with Gasteiger partial charge in [-0.2, -0.15) is 0 Å². The summed E-state index contributed by atoms with van der Waals surface area (Å²) in [6, 6.07) is 25.1. The van der Waals surface area contributed by atoms with Crippen molar-refractivity contribution >= 4 is 22.9 Å². The number of piperidine rings is 1. The van der Waals surface area contributed by atoms with Crippen LogP contribution in [0.2, 0.25) is 0 Å². The number of benzene rings is 3. The highest BCUT2D eigenvalue weighted by atomic mass is 16.5. The number of rotatable bonds is 2. The molecule has 0 atom stereocenters. The van der Waals surface area contributed by atoms with Crippen LogP contribution in [0.1, 0.15) is 24.1 Å². The predicted octanol–water partition coefficient (Wildman–Crippen LogP) is 6.05. The highest BCUT2D eigenvalue weighted by Gasteiger charge is 2.37. The van der Waals surface area contributed by atoms with Gasteiger partial charge >= 0.3 is 0 Å². The number of anilines is 1. The third-order valence-corrected chi connectivity index (χ3v) is 6.63. The van der Waals surface area contributed by atoms with Gasteiger partial charge in [0.1, 0.15) is 11.4 Å². The average molecular weight is 420 g/mol. The molecule has 32 heavy (non-hydrogen) atoms. The number of fused-ring (bicyclic) bond motifs is 2. The Morgan fingerprint density at radius 3 is 2.31 bits per heavy atom. The maximum atomic E-state index is 6.59. The first-order chi connectivity index (χ1) is 15.7. The number of hydrogen-bond donors (Lipinski definition) is 0. The van der Waals surface area contributed by atoms with Crippen LogP contribution >= 0.6 is 0 Å². The molecule has 1 fully saturated rings. The van der Waals surface area contributed by atoms with Gasteiger partial charge < -0.3 is 9.64 Å². The molecule has 0 aliphatic carbocycles. The largest absolute Gasteiger partial charge is 0.482 e. The molecule has 0 N–H and O–H groups in total. The first-order valence-corrected chi connectivity index (χ1v) is 11.3. The van der Waals surface area contributed by atoms with Crippen LogP contribution in [0, 0.1) is 6.92 Å². The minimum absolute atomic E-state index is 0.240. The summed E-state index contributed by atoms with van der Waals surface area (Å²) in [4.78, 5) is 12.0. The summed E-state index contributed by atoms with van der Waals surface area (Å²) in [6.07, 6.45) is 6.36. The van der Waals surface area contributed by atoms with Crippen molar-refractivity contribution in [1.82, 2.24) is 9.97 Å². The zero-order valence-electron chi connectivity index (χ0n) is 18.2. The second-order valence-corrected chi connectivity index (χ2v) is 8.73. The zero-order valence-corrected chi connectivity index (χ0v) is 18.2. The lowest BCUT2D eigenvalue weighted by Crippen LogP contribution is -2.48. The Morgan fingerprint density at radius 2 is 1.53 bits per heavy atom. The molecule has 4 aromatic rings. The quantitative estimate of drug-likeness (QED) is 0.396. The molecule has 0 radical (unpaired) electrons. The smallest absolute Gasteiger partial charge is 0.150 e. The summed E-state index contributed by atoms with van der Waals surface area (Å²) in [5.74, 6) is 1.97. The van der Waals surface area contributed by atoms with Gasteiger partial charge in [0.05, 0.1) is 16.7 Å². The average Bonchev–Trinajstić information content (AvgIpc) is 2.84. The second-order valence-electron chi connectivity index (χ2n) is 8.73. The van der Waals surface area contributed by atoms with Gasteiger partial charge in [-0.1, -0.05) is 54.6 Å². The lowest BCUT2D eigenvalue weighted by molar-refractivity contribution is 0.0891. The molecule has 4 heteroatoms. The summed E-state index contributed by atoms with van der Waals surface area (Å²) in [5, 5.41) is 0. The van der Waals surface area contributed by atoms with Crippen molar-refractivity contribution in [1.29, 1.82) is 0 Å². The van der Waals surface area contributed by atoms with Crippen molar-refractivity contribution in [3.8, 4) is 16.9 Å². The Kier molecular flexibility index (Phi) is 4.46. The molecule has 3 heterocycles. The molecular formula is C28H25N3O. The number of nitrogens with zero attached hydrogens (tertiary/aromatic N) is 3. The number of aromatic nitrogens is 2. The number of para-hydroxylation sites is 2. The zero-order chi connectivity index (χ0) is 21.5. The van der Waals surface area contributed by atoms with Gasteiger partial charge in [-0.25, -0.2) is 9.97 Å². The number of hydrogen-bond acceptors (Lipinski definition) is 4. The molecule has 1 spiro atoms. The number of ether oxygens (including phenoxy) is 1. The Bertz CT molecular complexity index is 1320. The van der Waals surface area contributed by atoms with Gasteiger partial charge in [-0.3, -0.25) is 0 Å². The molecule has 2 aliphatic rings. The lowest BCUT2D eigenvalue weighted by atomic mass is 9.87. The Labute approximate surface area is 188 Å². The third-order valence-electron chi connectivity index (χ3n) is 6.63. The van der Waals surface area contributed by atoms with E-state index in [1.165, 1.54) is 11.1 Å². The van der Waals surface area contributed by atoms with Crippen LogP contribution in [0.15, 0.2) is 78.9 Å². The van der Waals surface area contributed by atoms with E-state index in [-0.39, 0.29) is 5.60 Å². The molecule has 1 aromatic heterocycles. The molecule has 3 aromatic carbocycles. The third kappa shape index (κ3) is 3.32. The normalized spacial score (nSPS) is 16.7. The van der Waals surface area contributed by atoms with Gasteiger partial charge in [0.15, 0.2) is 5.82 Å². The highest BCUT2D eigenvalue weighted by molar-refractivity contribution is 5.76. The maximum absolute atomic E-state index is 6.59. The van der Waals surface area contributed by atoms with Crippen LogP contribution in [0.5, 0.6) is 5.75 Å². The van der Waals surface area contributed by atoms with E-state index < -0.39 is 0 Å². The Morgan fingerprint density at radius 1 is 0.812 bits per heavy atom. The van der Waals surface area contributed by atoms with Crippen molar-refractivity contribution in [2.24, 2.45) is 0 Å². The first-order valence-electron chi connectivity index (χ1n) is 11.3. The van der Waals surface area contributed by atoms with Crippen LogP contribution in [0.4, 0.5) is 5.82 Å². The predicted molar refractivity (Wildman–Crippen MR) is 130 cm³/mol. The minimum atomic E-state index is -0.240. The molecule has 0 amide bonds. The first kappa shape index (κ1) is 19.1. The van der Waals surface area contributed by atoms with Crippen LogP contribution in [-0.4, -0.2) is 28.7 Å². The van der Waals surface area contributed by atoms with E-state index in [9.17, 15) is 0 Å². The molecular weight excluding hydrogens is 394 g/mol. The summed E-state index contributed by atoms with van der Waals surface area (Å²) in [7, 11) is 0. The van der Waals surface area contributed by atoms with E-state index in [0.717, 1.165) is 59.8 Å².